The summed E-state index contributed by atoms with van der Waals surface area (Å²) >= 11 is 0. The van der Waals surface area contributed by atoms with Crippen molar-refractivity contribution in [1.29, 1.82) is 0 Å². The lowest BCUT2D eigenvalue weighted by Gasteiger charge is -2.11. The maximum absolute atomic E-state index is 10.1. The molecule has 0 spiro atoms. The average molecular weight is 463 g/mol. The van der Waals surface area contributed by atoms with Gasteiger partial charge < -0.3 is 9.47 Å². The number of carbonyl (C=O) groups excluding carboxylic acids is 2. The van der Waals surface area contributed by atoms with Gasteiger partial charge in [0.1, 0.15) is 11.6 Å². The third kappa shape index (κ3) is 47.2. The van der Waals surface area contributed by atoms with Crippen molar-refractivity contribution in [2.75, 3.05) is 13.2 Å². The normalized spacial score (nSPS) is 12.4. The van der Waals surface area contributed by atoms with E-state index in [1.54, 1.807) is 13.8 Å². The van der Waals surface area contributed by atoms with E-state index in [9.17, 15) is 9.59 Å². The highest BCUT2D eigenvalue weighted by molar-refractivity contribution is 5.77. The molecule has 0 radical (unpaired) electrons. The molecule has 0 saturated carbocycles. The summed E-state index contributed by atoms with van der Waals surface area (Å²) in [5.74, 6) is 3.21. The van der Waals surface area contributed by atoms with Gasteiger partial charge in [0.2, 0.25) is 0 Å². The Hall–Kier alpha value is -0.740. The van der Waals surface area contributed by atoms with Crippen LogP contribution >= 0.6 is 0 Å². The van der Waals surface area contributed by atoms with Gasteiger partial charge in [-0.2, -0.15) is 0 Å². The molecule has 198 valence electrons. The monoisotopic (exact) mass is 462 g/mol. The zero-order valence-corrected chi connectivity index (χ0v) is 24.9. The van der Waals surface area contributed by atoms with Gasteiger partial charge in [-0.1, -0.05) is 110 Å². The van der Waals surface area contributed by atoms with Crippen molar-refractivity contribution in [2.45, 2.75) is 130 Å². The molecular weight excluding hydrogens is 400 g/mol. The first-order valence-corrected chi connectivity index (χ1v) is 12.9. The van der Waals surface area contributed by atoms with Gasteiger partial charge in [-0.3, -0.25) is 9.59 Å². The second-order valence-electron chi connectivity index (χ2n) is 9.49. The number of Topliss-reactive ketones (excluding diaryl/α,β-unsaturated/α-hetero) is 2. The molecule has 0 atom stereocenters. The van der Waals surface area contributed by atoms with Crippen LogP contribution in [-0.2, 0) is 19.1 Å². The van der Waals surface area contributed by atoms with Gasteiger partial charge in [-0.15, -0.1) is 0 Å². The van der Waals surface area contributed by atoms with Crippen LogP contribution in [0.5, 0.6) is 0 Å². The highest BCUT2D eigenvalue weighted by atomic mass is 16.7. The van der Waals surface area contributed by atoms with Crippen molar-refractivity contribution in [3.63, 3.8) is 0 Å². The lowest BCUT2D eigenvalue weighted by molar-refractivity contribution is -0.120. The fourth-order valence-electron chi connectivity index (χ4n) is 0.762. The maximum Gasteiger partial charge on any atom is 0.160 e. The molecule has 1 saturated heterocycles. The first-order valence-electron chi connectivity index (χ1n) is 12.9. The molecule has 0 aromatic rings. The quantitative estimate of drug-likeness (QED) is 0.410. The van der Waals surface area contributed by atoms with Crippen LogP contribution in [0.3, 0.4) is 0 Å². The number of rotatable bonds is 5. The molecule has 0 unspecified atom stereocenters. The molecule has 32 heavy (non-hydrogen) atoms. The van der Waals surface area contributed by atoms with Crippen LogP contribution < -0.4 is 0 Å². The van der Waals surface area contributed by atoms with Crippen LogP contribution in [0.1, 0.15) is 124 Å². The summed E-state index contributed by atoms with van der Waals surface area (Å²) in [5.41, 5.74) is 0. The van der Waals surface area contributed by atoms with Crippen molar-refractivity contribution in [3.05, 3.63) is 0 Å². The zero-order chi connectivity index (χ0) is 26.9. The fourth-order valence-corrected chi connectivity index (χ4v) is 0.762. The average Bonchev–Trinajstić information content (AvgIpc) is 3.26. The number of ether oxygens (including phenoxy) is 2. The Morgan fingerprint density at radius 3 is 0.906 bits per heavy atom. The summed E-state index contributed by atoms with van der Waals surface area (Å²) in [5, 5.41) is 0. The van der Waals surface area contributed by atoms with E-state index in [0.29, 0.717) is 5.92 Å². The molecule has 0 aliphatic carbocycles. The Bertz CT molecular complexity index is 340. The highest BCUT2D eigenvalue weighted by Crippen LogP contribution is 2.12. The Kier molecular flexibility index (Phi) is 39.3. The summed E-state index contributed by atoms with van der Waals surface area (Å²) in [6.07, 6.45) is 2.68. The van der Waals surface area contributed by atoms with E-state index in [1.165, 1.54) is 12.8 Å². The van der Waals surface area contributed by atoms with Crippen LogP contribution in [0, 0.1) is 29.6 Å². The fraction of sp³-hybridized carbons (Fsp3) is 0.929. The number of carbonyl (C=O) groups is 2. The van der Waals surface area contributed by atoms with Crippen LogP contribution in [0.2, 0.25) is 0 Å². The molecule has 1 aliphatic rings. The zero-order valence-electron chi connectivity index (χ0n) is 24.9. The van der Waals surface area contributed by atoms with Crippen LogP contribution in [0.15, 0.2) is 0 Å². The highest BCUT2D eigenvalue weighted by Gasteiger charge is 2.18. The first kappa shape index (κ1) is 41.5. The van der Waals surface area contributed by atoms with Gasteiger partial charge >= 0.3 is 0 Å². The van der Waals surface area contributed by atoms with Gasteiger partial charge in [-0.25, -0.2) is 0 Å². The minimum Gasteiger partial charge on any atom is -0.350 e. The SMILES string of the molecule is CC.CC(=O)C(C)C.CC(=O)C(C)C.CC(C)C1OCCO1.CCC(C)C.CCC(C)C. The van der Waals surface area contributed by atoms with Crippen LogP contribution in [0.4, 0.5) is 0 Å². The van der Waals surface area contributed by atoms with Crippen LogP contribution in [0.25, 0.3) is 0 Å². The third-order valence-electron chi connectivity index (χ3n) is 4.45. The predicted molar refractivity (Wildman–Crippen MR) is 143 cm³/mol. The van der Waals surface area contributed by atoms with Crippen molar-refractivity contribution >= 4 is 11.6 Å². The molecule has 1 aliphatic heterocycles. The number of hydrogen-bond donors (Lipinski definition) is 0. The van der Waals surface area contributed by atoms with E-state index in [-0.39, 0.29) is 29.7 Å². The maximum atomic E-state index is 10.1. The molecule has 0 aromatic heterocycles. The molecule has 1 heterocycles. The Balaban J connectivity index is -0.0000000943. The second-order valence-corrected chi connectivity index (χ2v) is 9.49. The Labute approximate surface area is 203 Å². The van der Waals surface area contributed by atoms with Crippen molar-refractivity contribution in [3.8, 4) is 0 Å². The van der Waals surface area contributed by atoms with E-state index in [1.807, 2.05) is 41.5 Å². The second kappa shape index (κ2) is 30.3. The standard InChI is InChI=1S/C6H12O2.2C5H10O.2C5H12.C2H6/c1-5(2)6-7-3-4-8-6;2*1-4(2)5(3)6;2*1-4-5(2)3;1-2/h5-6H,3-4H2,1-2H3;2*4H,1-3H3;2*5H,4H2,1-3H3;1-2H3. The number of hydrogen-bond acceptors (Lipinski definition) is 4. The summed E-state index contributed by atoms with van der Waals surface area (Å²) < 4.78 is 10.4. The van der Waals surface area contributed by atoms with Gasteiger partial charge in [0.15, 0.2) is 6.29 Å². The lowest BCUT2D eigenvalue weighted by atomic mass is 10.1. The summed E-state index contributed by atoms with van der Waals surface area (Å²) in [4.78, 5) is 20.3. The molecule has 0 aromatic carbocycles. The molecule has 1 fully saturated rings. The molecule has 4 nitrogen and oxygen atoms in total. The van der Waals surface area contributed by atoms with Crippen molar-refractivity contribution in [1.82, 2.24) is 0 Å². The van der Waals surface area contributed by atoms with Crippen molar-refractivity contribution < 1.29 is 19.1 Å². The number of ketones is 2. The molecule has 0 amide bonds. The van der Waals surface area contributed by atoms with Gasteiger partial charge in [0.05, 0.1) is 13.2 Å². The summed E-state index contributed by atoms with van der Waals surface area (Å²) in [6.45, 7) is 33.8. The molecular formula is C28H62O4. The molecule has 0 bridgehead atoms. The Morgan fingerprint density at radius 2 is 0.844 bits per heavy atom. The smallest absolute Gasteiger partial charge is 0.160 e. The molecule has 0 N–H and O–H groups in total. The van der Waals surface area contributed by atoms with Crippen LogP contribution in [-0.4, -0.2) is 31.1 Å². The van der Waals surface area contributed by atoms with Gasteiger partial charge in [0, 0.05) is 17.8 Å². The molecule has 4 heteroatoms. The first-order chi connectivity index (χ1) is 14.6. The van der Waals surface area contributed by atoms with Crippen molar-refractivity contribution in [2.24, 2.45) is 29.6 Å². The summed E-state index contributed by atoms with van der Waals surface area (Å²) in [6, 6.07) is 0. The van der Waals surface area contributed by atoms with E-state index in [4.69, 9.17) is 9.47 Å². The predicted octanol–water partition coefficient (Wildman–Crippen LogP) is 8.61. The van der Waals surface area contributed by atoms with E-state index in [0.717, 1.165) is 25.0 Å². The third-order valence-corrected chi connectivity index (χ3v) is 4.45. The Morgan fingerprint density at radius 1 is 0.656 bits per heavy atom. The van der Waals surface area contributed by atoms with E-state index < -0.39 is 0 Å². The minimum atomic E-state index is 0.0648. The van der Waals surface area contributed by atoms with Gasteiger partial charge in [0.25, 0.3) is 0 Å². The van der Waals surface area contributed by atoms with E-state index in [2.05, 4.69) is 55.4 Å². The lowest BCUT2D eigenvalue weighted by Crippen LogP contribution is -2.14. The largest absolute Gasteiger partial charge is 0.350 e. The topological polar surface area (TPSA) is 52.6 Å². The molecule has 1 rings (SSSR count). The van der Waals surface area contributed by atoms with Gasteiger partial charge in [-0.05, 0) is 25.7 Å². The van der Waals surface area contributed by atoms with E-state index >= 15 is 0 Å². The summed E-state index contributed by atoms with van der Waals surface area (Å²) in [7, 11) is 0. The minimum absolute atomic E-state index is 0.0648.